The first-order chi connectivity index (χ1) is 15.5. The molecular formula is C23H21N3O5S. The molecule has 0 aliphatic carbocycles. The van der Waals surface area contributed by atoms with Crippen LogP contribution in [0.1, 0.15) is 27.4 Å². The predicted molar refractivity (Wildman–Crippen MR) is 118 cm³/mol. The van der Waals surface area contributed by atoms with Gasteiger partial charge in [-0.15, -0.1) is 11.8 Å². The SMILES string of the molecule is Cc1noc(C)c1COc1cccc(C(=O)OCC(=O)Nc2ccccc2SCC#N)c1. The summed E-state index contributed by atoms with van der Waals surface area (Å²) >= 11 is 1.31. The van der Waals surface area contributed by atoms with Crippen LogP contribution in [0.15, 0.2) is 57.9 Å². The van der Waals surface area contributed by atoms with Gasteiger partial charge in [0.05, 0.1) is 34.3 Å². The Morgan fingerprint density at radius 1 is 1.19 bits per heavy atom. The molecule has 9 heteroatoms. The van der Waals surface area contributed by atoms with Crippen LogP contribution in [0.5, 0.6) is 5.75 Å². The highest BCUT2D eigenvalue weighted by molar-refractivity contribution is 7.99. The van der Waals surface area contributed by atoms with Gasteiger partial charge in [0, 0.05) is 4.90 Å². The minimum absolute atomic E-state index is 0.255. The summed E-state index contributed by atoms with van der Waals surface area (Å²) < 4.78 is 16.0. The van der Waals surface area contributed by atoms with E-state index in [-0.39, 0.29) is 17.9 Å². The average Bonchev–Trinajstić information content (AvgIpc) is 3.12. The molecule has 1 N–H and O–H groups in total. The molecule has 0 aliphatic heterocycles. The van der Waals surface area contributed by atoms with Crippen molar-refractivity contribution in [2.24, 2.45) is 0 Å². The fourth-order valence-corrected chi connectivity index (χ4v) is 3.45. The zero-order valence-corrected chi connectivity index (χ0v) is 18.4. The molecule has 0 atom stereocenters. The van der Waals surface area contributed by atoms with Crippen LogP contribution in [0, 0.1) is 25.2 Å². The van der Waals surface area contributed by atoms with Crippen LogP contribution < -0.4 is 10.1 Å². The van der Waals surface area contributed by atoms with Crippen molar-refractivity contribution in [3.8, 4) is 11.8 Å². The summed E-state index contributed by atoms with van der Waals surface area (Å²) in [6, 6.07) is 15.7. The summed E-state index contributed by atoms with van der Waals surface area (Å²) in [7, 11) is 0. The van der Waals surface area contributed by atoms with Gasteiger partial charge in [0.1, 0.15) is 18.1 Å². The fraction of sp³-hybridized carbons (Fsp3) is 0.217. The molecule has 1 heterocycles. The summed E-state index contributed by atoms with van der Waals surface area (Å²) in [5.41, 5.74) is 2.42. The van der Waals surface area contributed by atoms with Gasteiger partial charge >= 0.3 is 5.97 Å². The number of nitrogens with zero attached hydrogens (tertiary/aromatic N) is 2. The highest BCUT2D eigenvalue weighted by Crippen LogP contribution is 2.26. The number of nitriles is 1. The largest absolute Gasteiger partial charge is 0.489 e. The lowest BCUT2D eigenvalue weighted by Gasteiger charge is -2.10. The second-order valence-corrected chi connectivity index (χ2v) is 7.70. The van der Waals surface area contributed by atoms with Gasteiger partial charge in [0.25, 0.3) is 5.91 Å². The number of para-hydroxylation sites is 1. The highest BCUT2D eigenvalue weighted by atomic mass is 32.2. The van der Waals surface area contributed by atoms with Gasteiger partial charge in [-0.05, 0) is 44.2 Å². The van der Waals surface area contributed by atoms with Gasteiger partial charge < -0.3 is 19.3 Å². The molecule has 2 aromatic carbocycles. The Morgan fingerprint density at radius 2 is 2.00 bits per heavy atom. The lowest BCUT2D eigenvalue weighted by molar-refractivity contribution is -0.119. The number of anilines is 1. The number of hydrogen-bond acceptors (Lipinski definition) is 8. The third-order valence-electron chi connectivity index (χ3n) is 4.42. The number of carbonyl (C=O) groups excluding carboxylic acids is 2. The number of ether oxygens (including phenoxy) is 2. The van der Waals surface area contributed by atoms with Crippen molar-refractivity contribution in [2.45, 2.75) is 25.3 Å². The van der Waals surface area contributed by atoms with Crippen LogP contribution in [0.25, 0.3) is 0 Å². The van der Waals surface area contributed by atoms with Crippen LogP contribution >= 0.6 is 11.8 Å². The average molecular weight is 452 g/mol. The van der Waals surface area contributed by atoms with E-state index in [2.05, 4.69) is 10.5 Å². The number of esters is 1. The molecule has 0 saturated carbocycles. The summed E-state index contributed by atoms with van der Waals surface area (Å²) in [5, 5.41) is 15.3. The van der Waals surface area contributed by atoms with Gasteiger partial charge in [0.2, 0.25) is 0 Å². The van der Waals surface area contributed by atoms with Gasteiger partial charge in [-0.1, -0.05) is 23.4 Å². The Bertz CT molecular complexity index is 1130. The topological polar surface area (TPSA) is 114 Å². The Hall–Kier alpha value is -3.77. The first-order valence-electron chi connectivity index (χ1n) is 9.68. The van der Waals surface area contributed by atoms with E-state index in [4.69, 9.17) is 19.3 Å². The number of carbonyl (C=O) groups is 2. The lowest BCUT2D eigenvalue weighted by atomic mass is 10.2. The molecule has 1 amide bonds. The van der Waals surface area contributed by atoms with Crippen molar-refractivity contribution < 1.29 is 23.6 Å². The molecule has 0 aliphatic rings. The van der Waals surface area contributed by atoms with E-state index in [0.29, 0.717) is 17.2 Å². The molecule has 0 unspecified atom stereocenters. The number of amides is 1. The Kier molecular flexibility index (Phi) is 7.89. The standard InChI is InChI=1S/C23H21N3O5S/c1-15-19(16(2)31-26-15)13-29-18-7-5-6-17(12-18)23(28)30-14-22(27)25-20-8-3-4-9-21(20)32-11-10-24/h3-9,12H,11,13-14H2,1-2H3,(H,25,27). The van der Waals surface area contributed by atoms with Crippen LogP contribution in [0.3, 0.4) is 0 Å². The number of thioether (sulfide) groups is 1. The highest BCUT2D eigenvalue weighted by Gasteiger charge is 2.14. The third-order valence-corrected chi connectivity index (χ3v) is 5.36. The molecule has 8 nitrogen and oxygen atoms in total. The van der Waals surface area contributed by atoms with E-state index < -0.39 is 18.5 Å². The van der Waals surface area contributed by atoms with E-state index in [9.17, 15) is 9.59 Å². The van der Waals surface area contributed by atoms with E-state index in [1.807, 2.05) is 19.1 Å². The monoisotopic (exact) mass is 451 g/mol. The fourth-order valence-electron chi connectivity index (χ4n) is 2.78. The zero-order valence-electron chi connectivity index (χ0n) is 17.6. The van der Waals surface area contributed by atoms with Crippen molar-refractivity contribution in [1.29, 1.82) is 5.26 Å². The number of nitrogens with one attached hydrogen (secondary N) is 1. The summed E-state index contributed by atoms with van der Waals surface area (Å²) in [4.78, 5) is 25.4. The quantitative estimate of drug-likeness (QED) is 0.379. The minimum atomic E-state index is -0.643. The van der Waals surface area contributed by atoms with E-state index in [1.54, 1.807) is 49.4 Å². The van der Waals surface area contributed by atoms with Gasteiger partial charge in [0.15, 0.2) is 6.61 Å². The van der Waals surface area contributed by atoms with Gasteiger partial charge in [-0.3, -0.25) is 4.79 Å². The molecule has 0 spiro atoms. The van der Waals surface area contributed by atoms with Gasteiger partial charge in [-0.25, -0.2) is 4.79 Å². The van der Waals surface area contributed by atoms with E-state index >= 15 is 0 Å². The second kappa shape index (κ2) is 11.0. The zero-order chi connectivity index (χ0) is 22.9. The van der Waals surface area contributed by atoms with Crippen molar-refractivity contribution in [1.82, 2.24) is 5.16 Å². The van der Waals surface area contributed by atoms with Gasteiger partial charge in [-0.2, -0.15) is 5.26 Å². The van der Waals surface area contributed by atoms with Crippen molar-refractivity contribution >= 4 is 29.3 Å². The molecule has 0 saturated heterocycles. The lowest BCUT2D eigenvalue weighted by Crippen LogP contribution is -2.21. The van der Waals surface area contributed by atoms with Crippen LogP contribution in [-0.4, -0.2) is 29.4 Å². The van der Waals surface area contributed by atoms with Crippen molar-refractivity contribution in [3.05, 3.63) is 71.1 Å². The minimum Gasteiger partial charge on any atom is -0.489 e. The van der Waals surface area contributed by atoms with E-state index in [1.165, 1.54) is 11.8 Å². The van der Waals surface area contributed by atoms with Crippen molar-refractivity contribution in [3.63, 3.8) is 0 Å². The smallest absolute Gasteiger partial charge is 0.338 e. The molecule has 0 fully saturated rings. The molecule has 32 heavy (non-hydrogen) atoms. The molecule has 3 rings (SSSR count). The number of aryl methyl sites for hydroxylation is 2. The maximum Gasteiger partial charge on any atom is 0.338 e. The van der Waals surface area contributed by atoms with E-state index in [0.717, 1.165) is 16.2 Å². The number of rotatable bonds is 9. The molecule has 164 valence electrons. The summed E-state index contributed by atoms with van der Waals surface area (Å²) in [5.74, 6) is 0.296. The van der Waals surface area contributed by atoms with Crippen LogP contribution in [0.2, 0.25) is 0 Å². The third kappa shape index (κ3) is 6.12. The Morgan fingerprint density at radius 3 is 2.75 bits per heavy atom. The predicted octanol–water partition coefficient (Wildman–Crippen LogP) is 4.28. The molecule has 0 radical (unpaired) electrons. The number of aromatic nitrogens is 1. The Labute approximate surface area is 189 Å². The maximum atomic E-state index is 12.4. The van der Waals surface area contributed by atoms with Crippen LogP contribution in [-0.2, 0) is 16.1 Å². The van der Waals surface area contributed by atoms with Crippen LogP contribution in [0.4, 0.5) is 5.69 Å². The first kappa shape index (κ1) is 22.9. The summed E-state index contributed by atoms with van der Waals surface area (Å²) in [6.07, 6.45) is 0. The second-order valence-electron chi connectivity index (χ2n) is 6.69. The normalized spacial score (nSPS) is 10.3. The number of hydrogen-bond donors (Lipinski definition) is 1. The van der Waals surface area contributed by atoms with Crippen molar-refractivity contribution in [2.75, 3.05) is 17.7 Å². The molecule has 3 aromatic rings. The molecule has 0 bridgehead atoms. The number of benzene rings is 2. The molecule has 1 aromatic heterocycles. The molecular weight excluding hydrogens is 430 g/mol. The Balaban J connectivity index is 1.54. The maximum absolute atomic E-state index is 12.4. The first-order valence-corrected chi connectivity index (χ1v) is 10.7. The summed E-state index contributed by atoms with van der Waals surface area (Å²) in [6.45, 7) is 3.44.